The number of fused-ring (bicyclic) bond motifs is 1. The van der Waals surface area contributed by atoms with Gasteiger partial charge in [0, 0.05) is 17.6 Å². The van der Waals surface area contributed by atoms with E-state index in [1.807, 2.05) is 18.3 Å². The lowest BCUT2D eigenvalue weighted by molar-refractivity contribution is 0.891. The molecule has 0 fully saturated rings. The number of nitrogens with zero attached hydrogens (tertiary/aromatic N) is 1. The summed E-state index contributed by atoms with van der Waals surface area (Å²) < 4.78 is 0. The van der Waals surface area contributed by atoms with Crippen molar-refractivity contribution in [3.63, 3.8) is 0 Å². The molecule has 68 valence electrons. The number of anilines is 1. The van der Waals surface area contributed by atoms with Crippen LogP contribution in [0.15, 0.2) is 24.4 Å². The molecule has 0 spiro atoms. The largest absolute Gasteiger partial charge is 0.368 e. The molecule has 0 saturated heterocycles. The standard InChI is InChI=1S/C10H13N3/c1-7(2)12-9-4-3-8-5-6-11-10(8)13-9/h3-7H,1-2H3,(H2,11,12,13). The summed E-state index contributed by atoms with van der Waals surface area (Å²) in [5.74, 6) is 0.921. The van der Waals surface area contributed by atoms with Gasteiger partial charge in [0.15, 0.2) is 0 Å². The number of aromatic nitrogens is 2. The fourth-order valence-corrected chi connectivity index (χ4v) is 1.31. The number of hydrogen-bond donors (Lipinski definition) is 2. The van der Waals surface area contributed by atoms with Gasteiger partial charge >= 0.3 is 0 Å². The minimum atomic E-state index is 0.417. The van der Waals surface area contributed by atoms with Gasteiger partial charge in [0.25, 0.3) is 0 Å². The van der Waals surface area contributed by atoms with Crippen LogP contribution in [0, 0.1) is 0 Å². The maximum absolute atomic E-state index is 4.41. The Hall–Kier alpha value is -1.51. The van der Waals surface area contributed by atoms with E-state index in [4.69, 9.17) is 0 Å². The van der Waals surface area contributed by atoms with E-state index in [-0.39, 0.29) is 0 Å². The molecule has 0 saturated carbocycles. The van der Waals surface area contributed by atoms with E-state index in [1.165, 1.54) is 0 Å². The highest BCUT2D eigenvalue weighted by atomic mass is 15.0. The van der Waals surface area contributed by atoms with Crippen LogP contribution in [0.1, 0.15) is 13.8 Å². The van der Waals surface area contributed by atoms with E-state index >= 15 is 0 Å². The van der Waals surface area contributed by atoms with Crippen molar-refractivity contribution >= 4 is 16.9 Å². The van der Waals surface area contributed by atoms with Gasteiger partial charge in [-0.3, -0.25) is 0 Å². The Morgan fingerprint density at radius 2 is 2.15 bits per heavy atom. The molecule has 0 atom stereocenters. The zero-order valence-corrected chi connectivity index (χ0v) is 7.83. The lowest BCUT2D eigenvalue weighted by Gasteiger charge is -2.07. The summed E-state index contributed by atoms with van der Waals surface area (Å²) in [5.41, 5.74) is 0.936. The van der Waals surface area contributed by atoms with E-state index in [2.05, 4.69) is 35.2 Å². The van der Waals surface area contributed by atoms with Crippen LogP contribution in [-0.2, 0) is 0 Å². The second-order valence-electron chi connectivity index (χ2n) is 3.41. The van der Waals surface area contributed by atoms with Crippen molar-refractivity contribution in [1.29, 1.82) is 0 Å². The lowest BCUT2D eigenvalue weighted by atomic mass is 10.3. The molecule has 0 amide bonds. The van der Waals surface area contributed by atoms with Crippen LogP contribution < -0.4 is 5.32 Å². The quantitative estimate of drug-likeness (QED) is 0.735. The Labute approximate surface area is 77.2 Å². The van der Waals surface area contributed by atoms with Crippen molar-refractivity contribution in [2.45, 2.75) is 19.9 Å². The Morgan fingerprint density at radius 3 is 2.92 bits per heavy atom. The summed E-state index contributed by atoms with van der Waals surface area (Å²) in [6, 6.07) is 6.49. The van der Waals surface area contributed by atoms with Crippen LogP contribution in [0.4, 0.5) is 5.82 Å². The van der Waals surface area contributed by atoms with Gasteiger partial charge in [0.2, 0.25) is 0 Å². The predicted molar refractivity (Wildman–Crippen MR) is 54.9 cm³/mol. The summed E-state index contributed by atoms with van der Waals surface area (Å²) in [6.45, 7) is 4.20. The van der Waals surface area contributed by atoms with Crippen LogP contribution in [-0.4, -0.2) is 16.0 Å². The van der Waals surface area contributed by atoms with Gasteiger partial charge in [-0.25, -0.2) is 4.98 Å². The molecule has 2 N–H and O–H groups in total. The Bertz CT molecular complexity index is 403. The third kappa shape index (κ3) is 1.64. The number of rotatable bonds is 2. The molecular formula is C10H13N3. The summed E-state index contributed by atoms with van der Waals surface area (Å²) >= 11 is 0. The SMILES string of the molecule is CC(C)Nc1ccc2cc[nH]c2n1. The highest BCUT2D eigenvalue weighted by molar-refractivity contribution is 5.77. The smallest absolute Gasteiger partial charge is 0.139 e. The van der Waals surface area contributed by atoms with E-state index in [9.17, 15) is 0 Å². The molecule has 0 aliphatic carbocycles. The fourth-order valence-electron chi connectivity index (χ4n) is 1.31. The lowest BCUT2D eigenvalue weighted by Crippen LogP contribution is -2.10. The van der Waals surface area contributed by atoms with Crippen molar-refractivity contribution in [3.05, 3.63) is 24.4 Å². The molecule has 0 aliphatic rings. The van der Waals surface area contributed by atoms with Crippen molar-refractivity contribution in [3.8, 4) is 0 Å². The second kappa shape index (κ2) is 3.09. The minimum Gasteiger partial charge on any atom is -0.368 e. The maximum Gasteiger partial charge on any atom is 0.139 e. The predicted octanol–water partition coefficient (Wildman–Crippen LogP) is 2.38. The van der Waals surface area contributed by atoms with Crippen molar-refractivity contribution in [2.24, 2.45) is 0 Å². The van der Waals surface area contributed by atoms with Gasteiger partial charge in [0.05, 0.1) is 0 Å². The van der Waals surface area contributed by atoms with Crippen molar-refractivity contribution in [2.75, 3.05) is 5.32 Å². The second-order valence-corrected chi connectivity index (χ2v) is 3.41. The zero-order chi connectivity index (χ0) is 9.26. The Morgan fingerprint density at radius 1 is 1.31 bits per heavy atom. The van der Waals surface area contributed by atoms with Gasteiger partial charge in [-0.1, -0.05) is 0 Å². The van der Waals surface area contributed by atoms with Crippen LogP contribution in [0.2, 0.25) is 0 Å². The number of hydrogen-bond acceptors (Lipinski definition) is 2. The Balaban J connectivity index is 2.37. The third-order valence-electron chi connectivity index (χ3n) is 1.85. The molecule has 0 radical (unpaired) electrons. The van der Waals surface area contributed by atoms with Crippen molar-refractivity contribution < 1.29 is 0 Å². The average molecular weight is 175 g/mol. The molecule has 0 bridgehead atoms. The summed E-state index contributed by atoms with van der Waals surface area (Å²) in [7, 11) is 0. The average Bonchev–Trinajstić information content (AvgIpc) is 2.49. The first kappa shape index (κ1) is 8.10. The van der Waals surface area contributed by atoms with Gasteiger partial charge in [-0.05, 0) is 32.0 Å². The van der Waals surface area contributed by atoms with Gasteiger partial charge in [-0.15, -0.1) is 0 Å². The number of pyridine rings is 1. The molecule has 0 aliphatic heterocycles. The monoisotopic (exact) mass is 175 g/mol. The van der Waals surface area contributed by atoms with E-state index in [0.717, 1.165) is 16.9 Å². The fraction of sp³-hybridized carbons (Fsp3) is 0.300. The van der Waals surface area contributed by atoms with Gasteiger partial charge in [0.1, 0.15) is 11.5 Å². The van der Waals surface area contributed by atoms with Crippen LogP contribution in [0.25, 0.3) is 11.0 Å². The van der Waals surface area contributed by atoms with Gasteiger partial charge in [-0.2, -0.15) is 0 Å². The Kier molecular flexibility index (Phi) is 1.93. The van der Waals surface area contributed by atoms with Crippen molar-refractivity contribution in [1.82, 2.24) is 9.97 Å². The summed E-state index contributed by atoms with van der Waals surface area (Å²) in [5, 5.41) is 4.40. The molecule has 2 aromatic heterocycles. The van der Waals surface area contributed by atoms with E-state index < -0.39 is 0 Å². The maximum atomic E-state index is 4.41. The minimum absolute atomic E-state index is 0.417. The molecule has 3 nitrogen and oxygen atoms in total. The third-order valence-corrected chi connectivity index (χ3v) is 1.85. The van der Waals surface area contributed by atoms with E-state index in [0.29, 0.717) is 6.04 Å². The molecule has 2 heterocycles. The molecule has 13 heavy (non-hydrogen) atoms. The molecule has 0 aromatic carbocycles. The molecule has 2 rings (SSSR count). The normalized spacial score (nSPS) is 11.0. The van der Waals surface area contributed by atoms with E-state index in [1.54, 1.807) is 0 Å². The highest BCUT2D eigenvalue weighted by Gasteiger charge is 1.99. The first-order valence-corrected chi connectivity index (χ1v) is 4.46. The molecule has 0 unspecified atom stereocenters. The summed E-state index contributed by atoms with van der Waals surface area (Å²) in [4.78, 5) is 7.49. The van der Waals surface area contributed by atoms with Crippen LogP contribution in [0.3, 0.4) is 0 Å². The first-order valence-electron chi connectivity index (χ1n) is 4.46. The number of aromatic amines is 1. The number of H-pyrrole nitrogens is 1. The topological polar surface area (TPSA) is 40.7 Å². The molecule has 3 heteroatoms. The zero-order valence-electron chi connectivity index (χ0n) is 7.83. The first-order chi connectivity index (χ1) is 6.25. The summed E-state index contributed by atoms with van der Waals surface area (Å²) in [6.07, 6.45) is 1.90. The van der Waals surface area contributed by atoms with Crippen LogP contribution >= 0.6 is 0 Å². The highest BCUT2D eigenvalue weighted by Crippen LogP contribution is 2.13. The van der Waals surface area contributed by atoms with Crippen LogP contribution in [0.5, 0.6) is 0 Å². The molecule has 2 aromatic rings. The number of nitrogens with one attached hydrogen (secondary N) is 2. The molecular weight excluding hydrogens is 162 g/mol. The van der Waals surface area contributed by atoms with Gasteiger partial charge < -0.3 is 10.3 Å².